The molecule has 0 saturated heterocycles. The highest BCUT2D eigenvalue weighted by Gasteiger charge is 2.35. The van der Waals surface area contributed by atoms with Crippen molar-refractivity contribution in [1.82, 2.24) is 14.8 Å². The highest BCUT2D eigenvalue weighted by molar-refractivity contribution is 6.25. The van der Waals surface area contributed by atoms with E-state index in [4.69, 9.17) is 0 Å². The van der Waals surface area contributed by atoms with E-state index >= 15 is 0 Å². The van der Waals surface area contributed by atoms with Crippen LogP contribution in [0.3, 0.4) is 0 Å². The Morgan fingerprint density at radius 3 is 2.06 bits per heavy atom. The lowest BCUT2D eigenvalue weighted by Crippen LogP contribution is -2.35. The molecule has 0 radical (unpaired) electrons. The predicted octanol–water partition coefficient (Wildman–Crippen LogP) is 0.795. The van der Waals surface area contributed by atoms with Gasteiger partial charge in [-0.05, 0) is 12.1 Å². The zero-order valence-electron chi connectivity index (χ0n) is 10.9. The van der Waals surface area contributed by atoms with E-state index in [-0.39, 0.29) is 17.3 Å². The van der Waals surface area contributed by atoms with Crippen molar-refractivity contribution in [1.29, 1.82) is 0 Å². The number of ketones is 2. The molecule has 94 valence electrons. The van der Waals surface area contributed by atoms with Crippen LogP contribution in [0.25, 0.3) is 0 Å². The molecular weight excluding hydrogens is 230 g/mol. The van der Waals surface area contributed by atoms with Crippen molar-refractivity contribution in [3.8, 4) is 0 Å². The van der Waals surface area contributed by atoms with E-state index < -0.39 is 0 Å². The molecule has 18 heavy (non-hydrogen) atoms. The van der Waals surface area contributed by atoms with Gasteiger partial charge < -0.3 is 9.80 Å². The van der Waals surface area contributed by atoms with Gasteiger partial charge >= 0.3 is 0 Å². The minimum absolute atomic E-state index is 0.161. The summed E-state index contributed by atoms with van der Waals surface area (Å²) in [5.74, 6) is -0.370. The standard InChI is InChI=1S/C13H15N3O2/c1-15(2)10-11(16(3)4)13(18)9-8(12(10)17)6-5-7-14-9/h5-7H,1-4H3. The summed E-state index contributed by atoms with van der Waals surface area (Å²) < 4.78 is 0. The molecule has 1 aromatic heterocycles. The number of Topliss-reactive ketones (excluding diaryl/α,β-unsaturated/α-hetero) is 2. The van der Waals surface area contributed by atoms with E-state index in [1.807, 2.05) is 0 Å². The molecule has 2 rings (SSSR count). The van der Waals surface area contributed by atoms with Crippen LogP contribution in [0.15, 0.2) is 29.7 Å². The second-order valence-electron chi connectivity index (χ2n) is 4.54. The van der Waals surface area contributed by atoms with E-state index in [0.717, 1.165) is 0 Å². The topological polar surface area (TPSA) is 53.5 Å². The Morgan fingerprint density at radius 1 is 0.944 bits per heavy atom. The molecular formula is C13H15N3O2. The van der Waals surface area contributed by atoms with Crippen molar-refractivity contribution in [3.05, 3.63) is 41.0 Å². The summed E-state index contributed by atoms with van der Waals surface area (Å²) in [6.45, 7) is 0. The van der Waals surface area contributed by atoms with Crippen LogP contribution in [0, 0.1) is 0 Å². The molecule has 0 amide bonds. The number of carbonyl (C=O) groups excluding carboxylic acids is 2. The highest BCUT2D eigenvalue weighted by atomic mass is 16.1. The Hall–Kier alpha value is -2.17. The fraction of sp³-hybridized carbons (Fsp3) is 0.308. The van der Waals surface area contributed by atoms with Gasteiger partial charge in [-0.15, -0.1) is 0 Å². The maximum absolute atomic E-state index is 12.4. The molecule has 1 aliphatic rings. The van der Waals surface area contributed by atoms with Crippen LogP contribution in [-0.2, 0) is 0 Å². The Bertz CT molecular complexity index is 510. The van der Waals surface area contributed by atoms with Crippen molar-refractivity contribution >= 4 is 11.6 Å². The maximum Gasteiger partial charge on any atom is 0.230 e. The molecule has 0 fully saturated rings. The fourth-order valence-corrected chi connectivity index (χ4v) is 2.05. The van der Waals surface area contributed by atoms with Gasteiger partial charge in [0.2, 0.25) is 11.6 Å². The number of carbonyl (C=O) groups is 2. The molecule has 5 heteroatoms. The molecule has 0 atom stereocenters. The molecule has 0 aliphatic heterocycles. The van der Waals surface area contributed by atoms with Gasteiger partial charge in [0.25, 0.3) is 0 Å². The maximum atomic E-state index is 12.4. The Labute approximate surface area is 106 Å². The lowest BCUT2D eigenvalue weighted by molar-refractivity contribution is 0.0926. The summed E-state index contributed by atoms with van der Waals surface area (Å²) in [5, 5.41) is 0. The first-order valence-electron chi connectivity index (χ1n) is 5.58. The molecule has 0 aromatic carbocycles. The molecule has 0 saturated carbocycles. The molecule has 1 aliphatic carbocycles. The summed E-state index contributed by atoms with van der Waals surface area (Å²) in [6, 6.07) is 3.30. The summed E-state index contributed by atoms with van der Waals surface area (Å²) in [6.07, 6.45) is 1.53. The number of aromatic nitrogens is 1. The molecule has 1 aromatic rings. The predicted molar refractivity (Wildman–Crippen MR) is 67.3 cm³/mol. The molecule has 0 unspecified atom stereocenters. The molecule has 0 bridgehead atoms. The second-order valence-corrected chi connectivity index (χ2v) is 4.54. The van der Waals surface area contributed by atoms with Crippen LogP contribution < -0.4 is 0 Å². The quantitative estimate of drug-likeness (QED) is 0.771. The molecule has 5 nitrogen and oxygen atoms in total. The number of hydrogen-bond donors (Lipinski definition) is 0. The summed E-state index contributed by atoms with van der Waals surface area (Å²) in [5.41, 5.74) is 1.40. The lowest BCUT2D eigenvalue weighted by atomic mass is 9.93. The minimum atomic E-state index is -0.209. The van der Waals surface area contributed by atoms with Crippen molar-refractivity contribution in [2.45, 2.75) is 0 Å². The largest absolute Gasteiger partial charge is 0.373 e. The lowest BCUT2D eigenvalue weighted by Gasteiger charge is -2.28. The number of rotatable bonds is 2. The van der Waals surface area contributed by atoms with Crippen LogP contribution in [-0.4, -0.2) is 54.5 Å². The molecule has 0 N–H and O–H groups in total. The van der Waals surface area contributed by atoms with E-state index in [1.165, 1.54) is 6.20 Å². The SMILES string of the molecule is CN(C)C1=C(N(C)C)C(=O)c2ncccc2C1=O. The Kier molecular flexibility index (Phi) is 2.90. The summed E-state index contributed by atoms with van der Waals surface area (Å²) >= 11 is 0. The summed E-state index contributed by atoms with van der Waals surface area (Å²) in [4.78, 5) is 32.1. The van der Waals surface area contributed by atoms with Crippen LogP contribution in [0.5, 0.6) is 0 Å². The number of likely N-dealkylation sites (N-methyl/N-ethyl adjacent to an activating group) is 2. The van der Waals surface area contributed by atoms with Crippen LogP contribution in [0.2, 0.25) is 0 Å². The van der Waals surface area contributed by atoms with Gasteiger partial charge in [-0.3, -0.25) is 14.6 Å². The van der Waals surface area contributed by atoms with Gasteiger partial charge in [0.15, 0.2) is 0 Å². The zero-order valence-corrected chi connectivity index (χ0v) is 10.9. The Morgan fingerprint density at radius 2 is 1.50 bits per heavy atom. The number of fused-ring (bicyclic) bond motifs is 1. The van der Waals surface area contributed by atoms with E-state index in [0.29, 0.717) is 17.0 Å². The molecule has 1 heterocycles. The first-order valence-corrected chi connectivity index (χ1v) is 5.58. The third-order valence-corrected chi connectivity index (χ3v) is 2.82. The smallest absolute Gasteiger partial charge is 0.230 e. The first kappa shape index (κ1) is 12.3. The van der Waals surface area contributed by atoms with Gasteiger partial charge in [-0.1, -0.05) is 0 Å². The van der Waals surface area contributed by atoms with Crippen LogP contribution >= 0.6 is 0 Å². The van der Waals surface area contributed by atoms with Crippen molar-refractivity contribution in [3.63, 3.8) is 0 Å². The average molecular weight is 245 g/mol. The van der Waals surface area contributed by atoms with Crippen LogP contribution in [0.4, 0.5) is 0 Å². The number of allylic oxidation sites excluding steroid dienone is 2. The number of nitrogens with zero attached hydrogens (tertiary/aromatic N) is 3. The van der Waals surface area contributed by atoms with E-state index in [9.17, 15) is 9.59 Å². The van der Waals surface area contributed by atoms with Crippen molar-refractivity contribution < 1.29 is 9.59 Å². The van der Waals surface area contributed by atoms with Gasteiger partial charge in [-0.2, -0.15) is 0 Å². The number of hydrogen-bond acceptors (Lipinski definition) is 5. The fourth-order valence-electron chi connectivity index (χ4n) is 2.05. The van der Waals surface area contributed by atoms with Gasteiger partial charge in [0.1, 0.15) is 17.1 Å². The molecule has 0 spiro atoms. The zero-order chi connectivity index (χ0) is 13.4. The summed E-state index contributed by atoms with van der Waals surface area (Å²) in [7, 11) is 7.01. The Balaban J connectivity index is 2.72. The van der Waals surface area contributed by atoms with Crippen molar-refractivity contribution in [2.75, 3.05) is 28.2 Å². The monoisotopic (exact) mass is 245 g/mol. The highest BCUT2D eigenvalue weighted by Crippen LogP contribution is 2.26. The third-order valence-electron chi connectivity index (χ3n) is 2.82. The first-order chi connectivity index (χ1) is 8.45. The van der Waals surface area contributed by atoms with E-state index in [2.05, 4.69) is 4.98 Å². The van der Waals surface area contributed by atoms with Crippen LogP contribution in [0.1, 0.15) is 20.8 Å². The normalized spacial score (nSPS) is 14.7. The van der Waals surface area contributed by atoms with Gasteiger partial charge in [0.05, 0.1) is 5.56 Å². The van der Waals surface area contributed by atoms with E-state index in [1.54, 1.807) is 50.1 Å². The number of pyridine rings is 1. The van der Waals surface area contributed by atoms with Gasteiger partial charge in [0, 0.05) is 34.4 Å². The average Bonchev–Trinajstić information content (AvgIpc) is 2.32. The van der Waals surface area contributed by atoms with Gasteiger partial charge in [-0.25, -0.2) is 0 Å². The van der Waals surface area contributed by atoms with Crippen molar-refractivity contribution in [2.24, 2.45) is 0 Å². The second kappa shape index (κ2) is 4.25. The minimum Gasteiger partial charge on any atom is -0.373 e. The third kappa shape index (κ3) is 1.68.